The fourth-order valence-corrected chi connectivity index (χ4v) is 4.27. The molecule has 3 nitrogen and oxygen atoms in total. The SMILES string of the molecule is CCCCCCCCCCC(C)CCOC(=O)OCCC(C)CCCCCCCCCC. The van der Waals surface area contributed by atoms with E-state index in [1.807, 2.05) is 0 Å². The van der Waals surface area contributed by atoms with Crippen molar-refractivity contribution in [1.82, 2.24) is 0 Å². The van der Waals surface area contributed by atoms with Gasteiger partial charge in [-0.25, -0.2) is 4.79 Å². The number of hydrogen-bond acceptors (Lipinski definition) is 3. The third-order valence-corrected chi connectivity index (χ3v) is 6.76. The molecule has 2 unspecified atom stereocenters. The lowest BCUT2D eigenvalue weighted by Crippen LogP contribution is -2.12. The summed E-state index contributed by atoms with van der Waals surface area (Å²) in [7, 11) is 0. The van der Waals surface area contributed by atoms with Gasteiger partial charge in [-0.1, -0.05) is 143 Å². The van der Waals surface area contributed by atoms with E-state index >= 15 is 0 Å². The van der Waals surface area contributed by atoms with Crippen LogP contribution in [0.4, 0.5) is 4.79 Å². The van der Waals surface area contributed by atoms with E-state index in [0.717, 1.165) is 12.8 Å². The largest absolute Gasteiger partial charge is 0.508 e. The summed E-state index contributed by atoms with van der Waals surface area (Å²) >= 11 is 0. The summed E-state index contributed by atoms with van der Waals surface area (Å²) in [6.45, 7) is 10.1. The summed E-state index contributed by atoms with van der Waals surface area (Å²) in [4.78, 5) is 11.8. The Hall–Kier alpha value is -0.730. The fraction of sp³-hybridized carbons (Fsp3) is 0.966. The molecule has 0 aliphatic carbocycles. The zero-order valence-electron chi connectivity index (χ0n) is 22.4. The molecule has 0 aromatic heterocycles. The second-order valence-corrected chi connectivity index (χ2v) is 10.3. The maximum absolute atomic E-state index is 11.8. The van der Waals surface area contributed by atoms with Gasteiger partial charge < -0.3 is 9.47 Å². The quantitative estimate of drug-likeness (QED) is 0.107. The van der Waals surface area contributed by atoms with Crippen LogP contribution in [0.15, 0.2) is 0 Å². The summed E-state index contributed by atoms with van der Waals surface area (Å²) in [5, 5.41) is 0. The molecular weight excluding hydrogens is 396 g/mol. The third-order valence-electron chi connectivity index (χ3n) is 6.76. The van der Waals surface area contributed by atoms with Crippen molar-refractivity contribution in [2.24, 2.45) is 11.8 Å². The number of carbonyl (C=O) groups is 1. The molecule has 0 aliphatic rings. The minimum absolute atomic E-state index is 0.483. The molecule has 0 rings (SSSR count). The highest BCUT2D eigenvalue weighted by Gasteiger charge is 2.09. The summed E-state index contributed by atoms with van der Waals surface area (Å²) < 4.78 is 10.5. The first-order chi connectivity index (χ1) is 15.6. The molecular formula is C29H58O3. The van der Waals surface area contributed by atoms with Crippen molar-refractivity contribution in [3.8, 4) is 0 Å². The summed E-state index contributed by atoms with van der Waals surface area (Å²) in [6.07, 6.45) is 25.7. The van der Waals surface area contributed by atoms with E-state index in [1.54, 1.807) is 0 Å². The Balaban J connectivity index is 3.42. The Morgan fingerprint density at radius 3 is 1.16 bits per heavy atom. The topological polar surface area (TPSA) is 35.5 Å². The number of rotatable bonds is 24. The molecule has 0 aliphatic heterocycles. The molecule has 0 saturated carbocycles. The molecule has 0 spiro atoms. The van der Waals surface area contributed by atoms with Crippen LogP contribution in [0, 0.1) is 11.8 Å². The van der Waals surface area contributed by atoms with Gasteiger partial charge in [0.05, 0.1) is 13.2 Å². The second kappa shape index (κ2) is 24.9. The Kier molecular flexibility index (Phi) is 24.3. The van der Waals surface area contributed by atoms with Gasteiger partial charge in [0.25, 0.3) is 0 Å². The molecule has 0 N–H and O–H groups in total. The molecule has 0 amide bonds. The predicted octanol–water partition coefficient (Wildman–Crippen LogP) is 10.3. The number of hydrogen-bond donors (Lipinski definition) is 0. The van der Waals surface area contributed by atoms with E-state index in [-0.39, 0.29) is 0 Å². The van der Waals surface area contributed by atoms with Crippen LogP contribution in [0.25, 0.3) is 0 Å². The fourth-order valence-electron chi connectivity index (χ4n) is 4.27. The molecule has 192 valence electrons. The molecule has 0 saturated heterocycles. The van der Waals surface area contributed by atoms with Crippen molar-refractivity contribution < 1.29 is 14.3 Å². The monoisotopic (exact) mass is 454 g/mol. The van der Waals surface area contributed by atoms with Crippen LogP contribution in [0.3, 0.4) is 0 Å². The molecule has 0 radical (unpaired) electrons. The predicted molar refractivity (Wildman–Crippen MR) is 139 cm³/mol. The molecule has 0 bridgehead atoms. The molecule has 2 atom stereocenters. The molecule has 0 fully saturated rings. The Labute approximate surface area is 201 Å². The van der Waals surface area contributed by atoms with Gasteiger partial charge in [-0.15, -0.1) is 0 Å². The van der Waals surface area contributed by atoms with Crippen molar-refractivity contribution >= 4 is 6.16 Å². The van der Waals surface area contributed by atoms with Crippen LogP contribution >= 0.6 is 0 Å². The lowest BCUT2D eigenvalue weighted by atomic mass is 9.99. The van der Waals surface area contributed by atoms with Crippen LogP contribution < -0.4 is 0 Å². The Morgan fingerprint density at radius 1 is 0.500 bits per heavy atom. The van der Waals surface area contributed by atoms with Gasteiger partial charge in [0.1, 0.15) is 0 Å². The van der Waals surface area contributed by atoms with E-state index in [0.29, 0.717) is 25.0 Å². The first-order valence-corrected chi connectivity index (χ1v) is 14.4. The zero-order chi connectivity index (χ0) is 23.7. The number of carbonyl (C=O) groups excluding carboxylic acids is 1. The Morgan fingerprint density at radius 2 is 0.812 bits per heavy atom. The standard InChI is InChI=1S/C29H58O3/c1-5-7-9-11-13-15-17-19-21-27(3)23-25-31-29(30)32-26-24-28(4)22-20-18-16-14-12-10-8-6-2/h27-28H,5-26H2,1-4H3. The average Bonchev–Trinajstić information content (AvgIpc) is 2.77. The van der Waals surface area contributed by atoms with Crippen molar-refractivity contribution in [3.63, 3.8) is 0 Å². The van der Waals surface area contributed by atoms with E-state index in [2.05, 4.69) is 27.7 Å². The van der Waals surface area contributed by atoms with E-state index in [4.69, 9.17) is 9.47 Å². The molecule has 0 heterocycles. The molecule has 32 heavy (non-hydrogen) atoms. The van der Waals surface area contributed by atoms with E-state index in [9.17, 15) is 4.79 Å². The van der Waals surface area contributed by atoms with Crippen molar-refractivity contribution in [3.05, 3.63) is 0 Å². The van der Waals surface area contributed by atoms with E-state index in [1.165, 1.54) is 116 Å². The van der Waals surface area contributed by atoms with Crippen molar-refractivity contribution in [2.45, 2.75) is 156 Å². The van der Waals surface area contributed by atoms with Crippen LogP contribution in [0.1, 0.15) is 156 Å². The number of unbranched alkanes of at least 4 members (excludes halogenated alkanes) is 14. The summed E-state index contributed by atoms with van der Waals surface area (Å²) in [5.74, 6) is 1.24. The normalized spacial score (nSPS) is 13.1. The highest BCUT2D eigenvalue weighted by atomic mass is 16.7. The second-order valence-electron chi connectivity index (χ2n) is 10.3. The summed E-state index contributed by atoms with van der Waals surface area (Å²) in [6, 6.07) is 0. The first-order valence-electron chi connectivity index (χ1n) is 14.4. The van der Waals surface area contributed by atoms with Crippen LogP contribution in [-0.4, -0.2) is 19.4 Å². The average molecular weight is 455 g/mol. The maximum Gasteiger partial charge on any atom is 0.508 e. The van der Waals surface area contributed by atoms with Gasteiger partial charge in [-0.3, -0.25) is 0 Å². The first kappa shape index (κ1) is 31.3. The highest BCUT2D eigenvalue weighted by Crippen LogP contribution is 2.17. The van der Waals surface area contributed by atoms with E-state index < -0.39 is 6.16 Å². The van der Waals surface area contributed by atoms with Gasteiger partial charge in [0.15, 0.2) is 0 Å². The molecule has 0 aromatic rings. The third kappa shape index (κ3) is 23.9. The highest BCUT2D eigenvalue weighted by molar-refractivity contribution is 5.59. The van der Waals surface area contributed by atoms with Gasteiger partial charge in [0.2, 0.25) is 0 Å². The van der Waals surface area contributed by atoms with Gasteiger partial charge in [-0.2, -0.15) is 0 Å². The van der Waals surface area contributed by atoms with Crippen LogP contribution in [0.5, 0.6) is 0 Å². The zero-order valence-corrected chi connectivity index (χ0v) is 22.4. The smallest absolute Gasteiger partial charge is 0.434 e. The van der Waals surface area contributed by atoms with Gasteiger partial charge >= 0.3 is 6.16 Å². The lowest BCUT2D eigenvalue weighted by molar-refractivity contribution is 0.0482. The van der Waals surface area contributed by atoms with Gasteiger partial charge in [-0.05, 0) is 24.7 Å². The number of ether oxygens (including phenoxy) is 2. The van der Waals surface area contributed by atoms with Crippen LogP contribution in [-0.2, 0) is 9.47 Å². The minimum atomic E-state index is -0.483. The van der Waals surface area contributed by atoms with Gasteiger partial charge in [0, 0.05) is 0 Å². The lowest BCUT2D eigenvalue weighted by Gasteiger charge is -2.13. The maximum atomic E-state index is 11.8. The minimum Gasteiger partial charge on any atom is -0.434 e. The molecule has 0 aromatic carbocycles. The molecule has 3 heteroatoms. The summed E-state index contributed by atoms with van der Waals surface area (Å²) in [5.41, 5.74) is 0. The van der Waals surface area contributed by atoms with Crippen LogP contribution in [0.2, 0.25) is 0 Å². The Bertz CT molecular complexity index is 349. The van der Waals surface area contributed by atoms with Crippen molar-refractivity contribution in [2.75, 3.05) is 13.2 Å². The van der Waals surface area contributed by atoms with Crippen molar-refractivity contribution in [1.29, 1.82) is 0 Å².